The predicted molar refractivity (Wildman–Crippen MR) is 125 cm³/mol. The van der Waals surface area contributed by atoms with Gasteiger partial charge in [-0.15, -0.1) is 22.7 Å². The Morgan fingerprint density at radius 1 is 1.35 bits per heavy atom. The maximum atomic E-state index is 12.8. The maximum Gasteiger partial charge on any atom is 0.263 e. The van der Waals surface area contributed by atoms with Crippen LogP contribution in [-0.4, -0.2) is 55.9 Å². The summed E-state index contributed by atoms with van der Waals surface area (Å²) in [6, 6.07) is 6.09. The van der Waals surface area contributed by atoms with E-state index in [2.05, 4.69) is 33.4 Å². The highest BCUT2D eigenvalue weighted by molar-refractivity contribution is 7.29. The van der Waals surface area contributed by atoms with Gasteiger partial charge in [-0.1, -0.05) is 6.07 Å². The van der Waals surface area contributed by atoms with Crippen LogP contribution >= 0.6 is 22.7 Å². The summed E-state index contributed by atoms with van der Waals surface area (Å²) in [6.07, 6.45) is 0.745. The summed E-state index contributed by atoms with van der Waals surface area (Å²) in [5, 5.41) is 4.02. The molecule has 31 heavy (non-hydrogen) atoms. The standard InChI is InChI=1S/C21H25N5O3S2/c1-10-24-21-19(30-10)17(23)18(31-21)20(27)25-12-5-11-3-4-13(6-15(11)29-9-12)26-7-14(22)16(8-26)28-2/h3-4,6,12,14,16H,5,7-9,22-23H2,1-2H3,(H,25,27)/t12-,14+,16+/m1/s1. The number of anilines is 2. The lowest BCUT2D eigenvalue weighted by atomic mass is 10.0. The number of carbonyl (C=O) groups excluding carboxylic acids is 1. The second kappa shape index (κ2) is 7.94. The lowest BCUT2D eigenvalue weighted by molar-refractivity contribution is 0.0920. The third-order valence-electron chi connectivity index (χ3n) is 5.87. The number of ether oxygens (including phenoxy) is 2. The van der Waals surface area contributed by atoms with Crippen molar-refractivity contribution in [2.75, 3.05) is 37.4 Å². The Bertz CT molecular complexity index is 1140. The van der Waals surface area contributed by atoms with Crippen molar-refractivity contribution in [3.8, 4) is 5.75 Å². The van der Waals surface area contributed by atoms with Crippen LogP contribution in [0.15, 0.2) is 18.2 Å². The first kappa shape index (κ1) is 20.5. The minimum atomic E-state index is -0.171. The summed E-state index contributed by atoms with van der Waals surface area (Å²) in [7, 11) is 1.70. The zero-order chi connectivity index (χ0) is 21.7. The van der Waals surface area contributed by atoms with E-state index in [9.17, 15) is 4.79 Å². The molecule has 0 unspecified atom stereocenters. The molecule has 0 saturated carbocycles. The first-order valence-corrected chi connectivity index (χ1v) is 11.8. The van der Waals surface area contributed by atoms with Crippen molar-refractivity contribution in [3.63, 3.8) is 0 Å². The van der Waals surface area contributed by atoms with Gasteiger partial charge in [-0.2, -0.15) is 0 Å². The summed E-state index contributed by atoms with van der Waals surface area (Å²) in [5.41, 5.74) is 15.0. The first-order chi connectivity index (χ1) is 14.9. The number of aryl methyl sites for hydroxylation is 1. The Morgan fingerprint density at radius 2 is 2.19 bits per heavy atom. The van der Waals surface area contributed by atoms with Gasteiger partial charge in [-0.3, -0.25) is 4.79 Å². The highest BCUT2D eigenvalue weighted by atomic mass is 32.1. The summed E-state index contributed by atoms with van der Waals surface area (Å²) >= 11 is 2.86. The van der Waals surface area contributed by atoms with E-state index in [4.69, 9.17) is 20.9 Å². The number of rotatable bonds is 4. The molecule has 0 spiro atoms. The van der Waals surface area contributed by atoms with E-state index in [1.807, 2.05) is 6.92 Å². The van der Waals surface area contributed by atoms with Crippen LogP contribution in [0.5, 0.6) is 5.75 Å². The number of nitrogen functional groups attached to an aromatic ring is 1. The lowest BCUT2D eigenvalue weighted by Gasteiger charge is -2.28. The molecule has 2 aliphatic rings. The number of fused-ring (bicyclic) bond motifs is 2. The van der Waals surface area contributed by atoms with Gasteiger partial charge in [0.1, 0.15) is 22.1 Å². The molecule has 2 aliphatic heterocycles. The number of aromatic nitrogens is 1. The van der Waals surface area contributed by atoms with E-state index < -0.39 is 0 Å². The smallest absolute Gasteiger partial charge is 0.263 e. The second-order valence-corrected chi connectivity index (χ2v) is 10.2. The van der Waals surface area contributed by atoms with Crippen LogP contribution in [0.4, 0.5) is 11.4 Å². The topological polar surface area (TPSA) is 116 Å². The molecular formula is C21H25N5O3S2. The second-order valence-electron chi connectivity index (χ2n) is 8.03. The van der Waals surface area contributed by atoms with E-state index in [1.54, 1.807) is 7.11 Å². The lowest BCUT2D eigenvalue weighted by Crippen LogP contribution is -2.42. The van der Waals surface area contributed by atoms with E-state index in [1.165, 1.54) is 22.7 Å². The molecule has 0 bridgehead atoms. The molecular weight excluding hydrogens is 434 g/mol. The third-order valence-corrected chi connectivity index (χ3v) is 8.10. The van der Waals surface area contributed by atoms with Crippen LogP contribution in [0, 0.1) is 6.92 Å². The fourth-order valence-corrected chi connectivity index (χ4v) is 6.32. The van der Waals surface area contributed by atoms with Crippen molar-refractivity contribution in [1.29, 1.82) is 0 Å². The van der Waals surface area contributed by atoms with Gasteiger partial charge in [0.15, 0.2) is 0 Å². The molecule has 0 radical (unpaired) electrons. The molecule has 5 N–H and O–H groups in total. The van der Waals surface area contributed by atoms with Crippen molar-refractivity contribution in [3.05, 3.63) is 33.6 Å². The summed E-state index contributed by atoms with van der Waals surface area (Å²) in [4.78, 5) is 20.8. The normalized spacial score (nSPS) is 23.1. The molecule has 1 amide bonds. The molecule has 0 aliphatic carbocycles. The van der Waals surface area contributed by atoms with E-state index in [0.717, 1.165) is 44.6 Å². The molecule has 3 aromatic rings. The van der Waals surface area contributed by atoms with Gasteiger partial charge < -0.3 is 31.2 Å². The largest absolute Gasteiger partial charge is 0.491 e. The van der Waals surface area contributed by atoms with Gasteiger partial charge in [0, 0.05) is 32.0 Å². The Morgan fingerprint density at radius 3 is 2.94 bits per heavy atom. The number of methoxy groups -OCH3 is 1. The number of thiazole rings is 1. The number of thiophene rings is 1. The Labute approximate surface area is 188 Å². The zero-order valence-electron chi connectivity index (χ0n) is 17.4. The Kier molecular flexibility index (Phi) is 5.25. The highest BCUT2D eigenvalue weighted by Gasteiger charge is 2.31. The number of nitrogens with zero attached hydrogens (tertiary/aromatic N) is 2. The van der Waals surface area contributed by atoms with Gasteiger partial charge in [-0.25, -0.2) is 4.98 Å². The molecule has 8 nitrogen and oxygen atoms in total. The Balaban J connectivity index is 1.27. The van der Waals surface area contributed by atoms with Gasteiger partial charge in [0.05, 0.1) is 33.6 Å². The van der Waals surface area contributed by atoms with Crippen LogP contribution < -0.4 is 26.4 Å². The fourth-order valence-electron chi connectivity index (χ4n) is 4.23. The van der Waals surface area contributed by atoms with Gasteiger partial charge in [0.2, 0.25) is 0 Å². The summed E-state index contributed by atoms with van der Waals surface area (Å²) in [5.74, 6) is 0.684. The van der Waals surface area contributed by atoms with Crippen molar-refractivity contribution < 1.29 is 14.3 Å². The highest BCUT2D eigenvalue weighted by Crippen LogP contribution is 2.37. The SMILES string of the molecule is CO[C@H]1CN(c2ccc3c(c2)OC[C@H](NC(=O)c2sc4nc(C)sc4c2N)C3)C[C@@H]1N. The maximum absolute atomic E-state index is 12.8. The van der Waals surface area contributed by atoms with Crippen molar-refractivity contribution >= 4 is 49.5 Å². The van der Waals surface area contributed by atoms with E-state index >= 15 is 0 Å². The van der Waals surface area contributed by atoms with Crippen molar-refractivity contribution in [1.82, 2.24) is 10.3 Å². The quantitative estimate of drug-likeness (QED) is 0.547. The molecule has 2 aromatic heterocycles. The van der Waals surface area contributed by atoms with Crippen LogP contribution in [0.3, 0.4) is 0 Å². The number of amides is 1. The minimum absolute atomic E-state index is 0.000562. The first-order valence-electron chi connectivity index (χ1n) is 10.2. The summed E-state index contributed by atoms with van der Waals surface area (Å²) in [6.45, 7) is 3.87. The number of nitrogens with two attached hydrogens (primary N) is 2. The molecule has 3 atom stereocenters. The number of hydrogen-bond acceptors (Lipinski definition) is 9. The van der Waals surface area contributed by atoms with Crippen LogP contribution in [0.2, 0.25) is 0 Å². The average molecular weight is 460 g/mol. The van der Waals surface area contributed by atoms with Crippen molar-refractivity contribution in [2.24, 2.45) is 5.73 Å². The number of benzene rings is 1. The molecule has 10 heteroatoms. The van der Waals surface area contributed by atoms with Gasteiger partial charge in [-0.05, 0) is 25.0 Å². The fraction of sp³-hybridized carbons (Fsp3) is 0.429. The molecule has 4 heterocycles. The van der Waals surface area contributed by atoms with E-state index in [0.29, 0.717) is 23.6 Å². The van der Waals surface area contributed by atoms with Crippen LogP contribution in [0.1, 0.15) is 20.2 Å². The van der Waals surface area contributed by atoms with Gasteiger partial charge >= 0.3 is 0 Å². The summed E-state index contributed by atoms with van der Waals surface area (Å²) < 4.78 is 12.3. The third kappa shape index (κ3) is 3.73. The predicted octanol–water partition coefficient (Wildman–Crippen LogP) is 2.14. The molecule has 1 saturated heterocycles. The van der Waals surface area contributed by atoms with E-state index in [-0.39, 0.29) is 24.1 Å². The molecule has 164 valence electrons. The van der Waals surface area contributed by atoms with Crippen LogP contribution in [0.25, 0.3) is 9.53 Å². The zero-order valence-corrected chi connectivity index (χ0v) is 19.0. The van der Waals surface area contributed by atoms with Crippen LogP contribution in [-0.2, 0) is 11.2 Å². The Hall–Kier alpha value is -2.40. The number of carbonyl (C=O) groups is 1. The molecule has 5 rings (SSSR count). The minimum Gasteiger partial charge on any atom is -0.491 e. The van der Waals surface area contributed by atoms with Crippen molar-refractivity contribution in [2.45, 2.75) is 31.5 Å². The number of hydrogen-bond donors (Lipinski definition) is 3. The molecule has 1 aromatic carbocycles. The molecule has 1 fully saturated rings. The monoisotopic (exact) mass is 459 g/mol. The van der Waals surface area contributed by atoms with Gasteiger partial charge in [0.25, 0.3) is 5.91 Å². The average Bonchev–Trinajstić information content (AvgIpc) is 3.40. The number of nitrogens with one attached hydrogen (secondary N) is 1.